The molecule has 0 fully saturated rings. The monoisotopic (exact) mass is 245 g/mol. The van der Waals surface area contributed by atoms with Gasteiger partial charge < -0.3 is 5.73 Å². The lowest BCUT2D eigenvalue weighted by Gasteiger charge is -2.11. The van der Waals surface area contributed by atoms with Gasteiger partial charge in [-0.25, -0.2) is 12.8 Å². The van der Waals surface area contributed by atoms with E-state index < -0.39 is 32.6 Å². The molecule has 6 heteroatoms. The Morgan fingerprint density at radius 2 is 1.88 bits per heavy atom. The first-order valence-corrected chi connectivity index (χ1v) is 6.30. The van der Waals surface area contributed by atoms with E-state index in [4.69, 9.17) is 5.73 Å². The fraction of sp³-hybridized carbons (Fsp3) is 0.300. The van der Waals surface area contributed by atoms with Crippen LogP contribution in [-0.4, -0.2) is 20.1 Å². The average Bonchev–Trinajstić information content (AvgIpc) is 2.16. The summed E-state index contributed by atoms with van der Waals surface area (Å²) in [7, 11) is -3.62. The van der Waals surface area contributed by atoms with E-state index in [0.29, 0.717) is 5.56 Å². The molecule has 0 spiro atoms. The summed E-state index contributed by atoms with van der Waals surface area (Å²) in [6.45, 7) is 1.44. The van der Waals surface area contributed by atoms with Crippen LogP contribution in [0.4, 0.5) is 4.39 Å². The maximum atomic E-state index is 12.6. The molecule has 0 aromatic heterocycles. The minimum Gasteiger partial charge on any atom is -0.369 e. The van der Waals surface area contributed by atoms with Gasteiger partial charge in [0.05, 0.1) is 5.25 Å². The van der Waals surface area contributed by atoms with Crippen LogP contribution in [0.2, 0.25) is 0 Å². The Hall–Kier alpha value is -1.43. The van der Waals surface area contributed by atoms with E-state index in [1.54, 1.807) is 0 Å². The molecule has 1 aromatic rings. The van der Waals surface area contributed by atoms with Crippen LogP contribution >= 0.6 is 0 Å². The highest BCUT2D eigenvalue weighted by molar-refractivity contribution is 7.92. The van der Waals surface area contributed by atoms with Gasteiger partial charge in [0.25, 0.3) is 0 Å². The lowest BCUT2D eigenvalue weighted by atomic mass is 10.2. The molecule has 1 aromatic carbocycles. The molecule has 0 radical (unpaired) electrons. The van der Waals surface area contributed by atoms with Gasteiger partial charge >= 0.3 is 0 Å². The van der Waals surface area contributed by atoms with Gasteiger partial charge in [0.2, 0.25) is 5.91 Å². The fourth-order valence-corrected chi connectivity index (χ4v) is 2.48. The van der Waals surface area contributed by atoms with E-state index in [-0.39, 0.29) is 0 Å². The molecular weight excluding hydrogens is 233 g/mol. The molecule has 4 nitrogen and oxygen atoms in total. The lowest BCUT2D eigenvalue weighted by molar-refractivity contribution is -0.115. The third kappa shape index (κ3) is 3.03. The second-order valence-corrected chi connectivity index (χ2v) is 5.79. The van der Waals surface area contributed by atoms with Gasteiger partial charge in [-0.1, -0.05) is 12.1 Å². The quantitative estimate of drug-likeness (QED) is 0.851. The first-order chi connectivity index (χ1) is 7.33. The van der Waals surface area contributed by atoms with E-state index >= 15 is 0 Å². The molecule has 0 heterocycles. The van der Waals surface area contributed by atoms with Crippen LogP contribution in [0, 0.1) is 5.82 Å². The van der Waals surface area contributed by atoms with E-state index in [1.807, 2.05) is 0 Å². The summed E-state index contributed by atoms with van der Waals surface area (Å²) in [5.74, 6) is -2.04. The maximum absolute atomic E-state index is 12.6. The zero-order valence-electron chi connectivity index (χ0n) is 8.68. The Bertz CT molecular complexity index is 481. The standard InChI is InChI=1S/C10H12FNO3S/c1-7(16(14,15)6-10(12)13)8-2-4-9(11)5-3-8/h2-5,7H,6H2,1H3,(H2,12,13)/t7-/m0/s1. The van der Waals surface area contributed by atoms with Crippen molar-refractivity contribution in [1.82, 2.24) is 0 Å². The zero-order valence-corrected chi connectivity index (χ0v) is 9.50. The molecule has 0 unspecified atom stereocenters. The molecule has 1 amide bonds. The zero-order chi connectivity index (χ0) is 12.3. The van der Waals surface area contributed by atoms with Gasteiger partial charge in [0.15, 0.2) is 9.84 Å². The number of rotatable bonds is 4. The molecule has 0 aliphatic rings. The highest BCUT2D eigenvalue weighted by Crippen LogP contribution is 2.22. The van der Waals surface area contributed by atoms with Crippen molar-refractivity contribution in [2.75, 3.05) is 5.75 Å². The second-order valence-electron chi connectivity index (χ2n) is 3.47. The van der Waals surface area contributed by atoms with Crippen molar-refractivity contribution in [1.29, 1.82) is 0 Å². The molecule has 0 aliphatic carbocycles. The summed E-state index contributed by atoms with van der Waals surface area (Å²) in [6, 6.07) is 5.09. The summed E-state index contributed by atoms with van der Waals surface area (Å²) in [6.07, 6.45) is 0. The van der Waals surface area contributed by atoms with Crippen molar-refractivity contribution < 1.29 is 17.6 Å². The van der Waals surface area contributed by atoms with E-state index in [9.17, 15) is 17.6 Å². The number of benzene rings is 1. The van der Waals surface area contributed by atoms with Crippen molar-refractivity contribution in [2.24, 2.45) is 5.73 Å². The van der Waals surface area contributed by atoms with E-state index in [0.717, 1.165) is 0 Å². The average molecular weight is 245 g/mol. The molecule has 0 aliphatic heterocycles. The minimum absolute atomic E-state index is 0.433. The van der Waals surface area contributed by atoms with Crippen LogP contribution in [0.15, 0.2) is 24.3 Å². The van der Waals surface area contributed by atoms with Crippen LogP contribution < -0.4 is 5.73 Å². The number of nitrogens with two attached hydrogens (primary N) is 1. The van der Waals surface area contributed by atoms with Crippen molar-refractivity contribution in [2.45, 2.75) is 12.2 Å². The normalized spacial score (nSPS) is 13.4. The third-order valence-corrected chi connectivity index (χ3v) is 4.26. The largest absolute Gasteiger partial charge is 0.369 e. The molecule has 0 bridgehead atoms. The number of hydrogen-bond donors (Lipinski definition) is 1. The summed E-state index contributed by atoms with van der Waals surface area (Å²) in [4.78, 5) is 10.6. The summed E-state index contributed by atoms with van der Waals surface area (Å²) >= 11 is 0. The van der Waals surface area contributed by atoms with Crippen LogP contribution in [0.1, 0.15) is 17.7 Å². The number of sulfone groups is 1. The lowest BCUT2D eigenvalue weighted by Crippen LogP contribution is -2.26. The maximum Gasteiger partial charge on any atom is 0.232 e. The second kappa shape index (κ2) is 4.61. The molecule has 88 valence electrons. The third-order valence-electron chi connectivity index (χ3n) is 2.22. The van der Waals surface area contributed by atoms with Gasteiger partial charge in [-0.05, 0) is 24.6 Å². The Kier molecular flexibility index (Phi) is 3.64. The Balaban J connectivity index is 2.97. The van der Waals surface area contributed by atoms with Crippen molar-refractivity contribution in [3.63, 3.8) is 0 Å². The van der Waals surface area contributed by atoms with E-state index in [2.05, 4.69) is 0 Å². The summed E-state index contributed by atoms with van der Waals surface area (Å²) in [5.41, 5.74) is 5.27. The first kappa shape index (κ1) is 12.6. The molecule has 16 heavy (non-hydrogen) atoms. The number of amides is 1. The molecule has 1 rings (SSSR count). The molecule has 0 saturated carbocycles. The smallest absolute Gasteiger partial charge is 0.232 e. The molecular formula is C10H12FNO3S. The Morgan fingerprint density at radius 3 is 2.31 bits per heavy atom. The molecule has 0 saturated heterocycles. The van der Waals surface area contributed by atoms with Crippen molar-refractivity contribution in [3.05, 3.63) is 35.6 Å². The number of primary amides is 1. The highest BCUT2D eigenvalue weighted by atomic mass is 32.2. The fourth-order valence-electron chi connectivity index (χ4n) is 1.26. The Labute approximate surface area is 93.2 Å². The van der Waals surface area contributed by atoms with Gasteiger partial charge in [-0.2, -0.15) is 0 Å². The first-order valence-electron chi connectivity index (χ1n) is 4.58. The van der Waals surface area contributed by atoms with Crippen LogP contribution in [0.5, 0.6) is 0 Å². The summed E-state index contributed by atoms with van der Waals surface area (Å²) < 4.78 is 35.9. The van der Waals surface area contributed by atoms with E-state index in [1.165, 1.54) is 31.2 Å². The minimum atomic E-state index is -3.62. The number of carbonyl (C=O) groups excluding carboxylic acids is 1. The van der Waals surface area contributed by atoms with Gasteiger partial charge in [-0.3, -0.25) is 4.79 Å². The van der Waals surface area contributed by atoms with Crippen molar-refractivity contribution >= 4 is 15.7 Å². The highest BCUT2D eigenvalue weighted by Gasteiger charge is 2.24. The van der Waals surface area contributed by atoms with Crippen LogP contribution in [0.3, 0.4) is 0 Å². The topological polar surface area (TPSA) is 77.2 Å². The van der Waals surface area contributed by atoms with Crippen LogP contribution in [0.25, 0.3) is 0 Å². The molecule has 2 N–H and O–H groups in total. The number of carbonyl (C=O) groups is 1. The molecule has 1 atom stereocenters. The van der Waals surface area contributed by atoms with Gasteiger partial charge in [-0.15, -0.1) is 0 Å². The number of hydrogen-bond acceptors (Lipinski definition) is 3. The van der Waals surface area contributed by atoms with Gasteiger partial charge in [0.1, 0.15) is 11.6 Å². The predicted molar refractivity (Wildman–Crippen MR) is 57.8 cm³/mol. The number of halogens is 1. The predicted octanol–water partition coefficient (Wildman–Crippen LogP) is 0.787. The van der Waals surface area contributed by atoms with Crippen LogP contribution in [-0.2, 0) is 14.6 Å². The SMILES string of the molecule is C[C@@H](c1ccc(F)cc1)S(=O)(=O)CC(N)=O. The van der Waals surface area contributed by atoms with Gasteiger partial charge in [0, 0.05) is 0 Å². The summed E-state index contributed by atoms with van der Waals surface area (Å²) in [5, 5.41) is -0.874. The Morgan fingerprint density at radius 1 is 1.38 bits per heavy atom. The van der Waals surface area contributed by atoms with Crippen molar-refractivity contribution in [3.8, 4) is 0 Å².